The number of hydrogen-bond donors (Lipinski definition) is 1. The smallest absolute Gasteiger partial charge is 0.410 e. The summed E-state index contributed by atoms with van der Waals surface area (Å²) < 4.78 is 5.07. The second kappa shape index (κ2) is 9.16. The normalized spacial score (nSPS) is 11.3. The highest BCUT2D eigenvalue weighted by atomic mass is 127. The molecule has 0 aliphatic heterocycles. The van der Waals surface area contributed by atoms with Crippen molar-refractivity contribution in [1.82, 2.24) is 10.2 Å². The maximum Gasteiger partial charge on any atom is 0.412 e. The lowest BCUT2D eigenvalue weighted by atomic mass is 10.1. The summed E-state index contributed by atoms with van der Waals surface area (Å²) in [4.78, 5) is 15.1. The van der Waals surface area contributed by atoms with Crippen molar-refractivity contribution < 1.29 is 9.53 Å². The van der Waals surface area contributed by atoms with E-state index in [4.69, 9.17) is 4.74 Å². The second-order valence-corrected chi connectivity index (χ2v) is 3.85. The first-order chi connectivity index (χ1) is 8.54. The molecule has 0 aliphatic rings. The summed E-state index contributed by atoms with van der Waals surface area (Å²) in [7, 11) is 5.56. The summed E-state index contributed by atoms with van der Waals surface area (Å²) in [5.74, 6) is 0.561. The van der Waals surface area contributed by atoms with Crippen LogP contribution in [-0.2, 0) is 0 Å². The minimum Gasteiger partial charge on any atom is -0.410 e. The van der Waals surface area contributed by atoms with Crippen molar-refractivity contribution in [3.8, 4) is 5.75 Å². The third kappa shape index (κ3) is 5.68. The average Bonchev–Trinajstić information content (AvgIpc) is 2.40. The third-order valence-corrected chi connectivity index (χ3v) is 2.53. The maximum atomic E-state index is 11.1. The van der Waals surface area contributed by atoms with Crippen molar-refractivity contribution in [2.45, 2.75) is 13.0 Å². The van der Waals surface area contributed by atoms with E-state index in [1.807, 2.05) is 37.2 Å². The van der Waals surface area contributed by atoms with Crippen molar-refractivity contribution in [3.63, 3.8) is 0 Å². The molecule has 102 valence electrons. The van der Waals surface area contributed by atoms with E-state index in [2.05, 4.69) is 39.7 Å². The van der Waals surface area contributed by atoms with Crippen molar-refractivity contribution >= 4 is 28.7 Å². The van der Waals surface area contributed by atoms with Crippen LogP contribution in [0.1, 0.15) is 18.5 Å². The number of halogens is 1. The predicted octanol–water partition coefficient (Wildman–Crippen LogP) is 3.08. The Hall–Kier alpha value is -0.820. The largest absolute Gasteiger partial charge is 0.412 e. The Bertz CT molecular complexity index is 370. The first kappa shape index (κ1) is 17.2. The van der Waals surface area contributed by atoms with E-state index in [1.54, 1.807) is 6.07 Å². The number of carbonyl (C=O) groups excluding carboxylic acids is 1. The molecule has 0 heterocycles. The first-order valence-electron chi connectivity index (χ1n) is 5.58. The molecule has 0 aromatic heterocycles. The molecule has 1 atom stereocenters. The minimum atomic E-state index is -0.449. The fourth-order valence-corrected chi connectivity index (χ4v) is 1.29. The zero-order chi connectivity index (χ0) is 14.1. The average molecular weight is 364 g/mol. The molecule has 0 fully saturated rings. The number of ether oxygens (including phenoxy) is 1. The first-order valence-corrected chi connectivity index (χ1v) is 7.74. The van der Waals surface area contributed by atoms with E-state index in [0.29, 0.717) is 5.75 Å². The van der Waals surface area contributed by atoms with Crippen molar-refractivity contribution in [3.05, 3.63) is 29.8 Å². The standard InChI is InChI=1S/C12H18N2O2.CH3I/c1-9(14(3)4)10-6-5-7-11(8-10)16-12(15)13-2;1-2/h5-9H,1-4H3,(H,13,15);1H3. The molecule has 5 heteroatoms. The Morgan fingerprint density at radius 2 is 2.00 bits per heavy atom. The van der Waals surface area contributed by atoms with Crippen LogP contribution in [0.5, 0.6) is 5.75 Å². The van der Waals surface area contributed by atoms with Gasteiger partial charge in [-0.15, -0.1) is 0 Å². The van der Waals surface area contributed by atoms with Gasteiger partial charge < -0.3 is 15.0 Å². The van der Waals surface area contributed by atoms with Crippen LogP contribution in [0.15, 0.2) is 24.3 Å². The summed E-state index contributed by atoms with van der Waals surface area (Å²) in [6.45, 7) is 2.10. The molecule has 0 saturated carbocycles. The van der Waals surface area contributed by atoms with E-state index >= 15 is 0 Å². The van der Waals surface area contributed by atoms with E-state index in [0.717, 1.165) is 5.56 Å². The summed E-state index contributed by atoms with van der Waals surface area (Å²) in [5, 5.41) is 2.41. The number of hydrogen-bond acceptors (Lipinski definition) is 3. The van der Waals surface area contributed by atoms with Crippen LogP contribution in [0.3, 0.4) is 0 Å². The lowest BCUT2D eigenvalue weighted by Gasteiger charge is -2.20. The van der Waals surface area contributed by atoms with Crippen LogP contribution in [0.25, 0.3) is 0 Å². The van der Waals surface area contributed by atoms with E-state index in [1.165, 1.54) is 7.05 Å². The van der Waals surface area contributed by atoms with Crippen LogP contribution in [0.4, 0.5) is 4.79 Å². The topological polar surface area (TPSA) is 41.6 Å². The van der Waals surface area contributed by atoms with Crippen LogP contribution in [0, 0.1) is 0 Å². The summed E-state index contributed by atoms with van der Waals surface area (Å²) >= 11 is 2.15. The molecule has 1 amide bonds. The highest BCUT2D eigenvalue weighted by Gasteiger charge is 2.09. The zero-order valence-electron chi connectivity index (χ0n) is 11.5. The van der Waals surface area contributed by atoms with E-state index < -0.39 is 6.09 Å². The highest BCUT2D eigenvalue weighted by molar-refractivity contribution is 14.1. The Morgan fingerprint density at radius 1 is 1.39 bits per heavy atom. The molecule has 1 unspecified atom stereocenters. The Kier molecular flexibility index (Phi) is 8.74. The van der Waals surface area contributed by atoms with Gasteiger partial charge in [0.05, 0.1) is 0 Å². The number of nitrogens with one attached hydrogen (secondary N) is 1. The third-order valence-electron chi connectivity index (χ3n) is 2.53. The van der Waals surface area contributed by atoms with Crippen LogP contribution in [-0.4, -0.2) is 37.1 Å². The monoisotopic (exact) mass is 364 g/mol. The van der Waals surface area contributed by atoms with Crippen molar-refractivity contribution in [2.24, 2.45) is 0 Å². The molecule has 1 aromatic rings. The van der Waals surface area contributed by atoms with E-state index in [9.17, 15) is 4.79 Å². The van der Waals surface area contributed by atoms with Gasteiger partial charge in [0.15, 0.2) is 0 Å². The van der Waals surface area contributed by atoms with Gasteiger partial charge in [-0.05, 0) is 43.6 Å². The van der Waals surface area contributed by atoms with Gasteiger partial charge in [0, 0.05) is 13.1 Å². The van der Waals surface area contributed by atoms with Gasteiger partial charge in [0.1, 0.15) is 5.75 Å². The van der Waals surface area contributed by atoms with Gasteiger partial charge in [0.25, 0.3) is 0 Å². The van der Waals surface area contributed by atoms with Gasteiger partial charge in [-0.1, -0.05) is 34.7 Å². The fourth-order valence-electron chi connectivity index (χ4n) is 1.29. The number of benzene rings is 1. The molecular formula is C13H21IN2O2. The highest BCUT2D eigenvalue weighted by Crippen LogP contribution is 2.21. The van der Waals surface area contributed by atoms with Crippen LogP contribution < -0.4 is 10.1 Å². The summed E-state index contributed by atoms with van der Waals surface area (Å²) in [6, 6.07) is 7.82. The van der Waals surface area contributed by atoms with Gasteiger partial charge in [-0.25, -0.2) is 4.79 Å². The lowest BCUT2D eigenvalue weighted by molar-refractivity contribution is 0.203. The molecule has 4 nitrogen and oxygen atoms in total. The fraction of sp³-hybridized carbons (Fsp3) is 0.462. The molecular weight excluding hydrogens is 343 g/mol. The molecule has 1 aromatic carbocycles. The quantitative estimate of drug-likeness (QED) is 0.662. The molecule has 1 rings (SSSR count). The molecule has 0 bridgehead atoms. The van der Waals surface area contributed by atoms with Crippen LogP contribution in [0.2, 0.25) is 0 Å². The van der Waals surface area contributed by atoms with Crippen molar-refractivity contribution in [1.29, 1.82) is 0 Å². The zero-order valence-corrected chi connectivity index (χ0v) is 13.7. The number of rotatable bonds is 3. The lowest BCUT2D eigenvalue weighted by Crippen LogP contribution is -2.22. The molecule has 0 saturated heterocycles. The minimum absolute atomic E-state index is 0.285. The number of amides is 1. The SMILES string of the molecule is CI.CNC(=O)Oc1cccc(C(C)N(C)C)c1. The van der Waals surface area contributed by atoms with Crippen molar-refractivity contribution in [2.75, 3.05) is 26.1 Å². The second-order valence-electron chi connectivity index (χ2n) is 3.85. The van der Waals surface area contributed by atoms with Gasteiger partial charge in [-0.3, -0.25) is 0 Å². The number of carbonyl (C=O) groups is 1. The molecule has 0 radical (unpaired) electrons. The molecule has 0 spiro atoms. The molecule has 1 N–H and O–H groups in total. The molecule has 18 heavy (non-hydrogen) atoms. The van der Waals surface area contributed by atoms with Gasteiger partial charge in [0.2, 0.25) is 0 Å². The Morgan fingerprint density at radius 3 is 2.50 bits per heavy atom. The van der Waals surface area contributed by atoms with Gasteiger partial charge >= 0.3 is 6.09 Å². The van der Waals surface area contributed by atoms with E-state index in [-0.39, 0.29) is 6.04 Å². The summed E-state index contributed by atoms with van der Waals surface area (Å²) in [6.07, 6.45) is -0.449. The maximum absolute atomic E-state index is 11.1. The van der Waals surface area contributed by atoms with Crippen LogP contribution >= 0.6 is 22.6 Å². The summed E-state index contributed by atoms with van der Waals surface area (Å²) in [5.41, 5.74) is 1.12. The Balaban J connectivity index is 0.00000137. The molecule has 0 aliphatic carbocycles. The number of nitrogens with zero attached hydrogens (tertiary/aromatic N) is 1. The number of alkyl halides is 1. The van der Waals surface area contributed by atoms with Gasteiger partial charge in [-0.2, -0.15) is 0 Å². The predicted molar refractivity (Wildman–Crippen MR) is 83.6 cm³/mol. The Labute approximate surface area is 123 Å².